The van der Waals surface area contributed by atoms with Crippen molar-refractivity contribution in [3.8, 4) is 5.88 Å². The van der Waals surface area contributed by atoms with Crippen LogP contribution in [0, 0.1) is 13.8 Å². The fourth-order valence-corrected chi connectivity index (χ4v) is 6.97. The van der Waals surface area contributed by atoms with Gasteiger partial charge < -0.3 is 44.0 Å². The van der Waals surface area contributed by atoms with E-state index in [1.165, 1.54) is 6.33 Å². The van der Waals surface area contributed by atoms with Crippen molar-refractivity contribution >= 4 is 74.0 Å². The largest absolute Gasteiger partial charge is 0.476 e. The highest BCUT2D eigenvalue weighted by Gasteiger charge is 2.21. The van der Waals surface area contributed by atoms with E-state index in [4.69, 9.17) is 16.2 Å². The number of hydrogen-bond donors (Lipinski definition) is 3. The molecule has 1 aliphatic heterocycles. The third-order valence-corrected chi connectivity index (χ3v) is 10.5. The minimum atomic E-state index is -0.174. The van der Waals surface area contributed by atoms with Gasteiger partial charge in [0.1, 0.15) is 29.0 Å². The SMILES string of the molecule is CC(C)n1cnc2c(N)ccnc21.CC(C)n1cnc2c(N)ncnc21.CC(C)n1cnc2c1N=CCC2=O.CCOc1nc(C)nc2c1ncn2C(C)C.Cc1nc2c(ncn2C(C)C)c(=O)[nH]1. The molecular weight excluding hydrogens is 881 g/mol. The number of carbonyl (C=O) groups is 1. The molecule has 10 rings (SSSR count). The summed E-state index contributed by atoms with van der Waals surface area (Å²) in [6, 6.07) is 3.33. The van der Waals surface area contributed by atoms with Gasteiger partial charge in [-0.2, -0.15) is 4.98 Å². The van der Waals surface area contributed by atoms with Gasteiger partial charge in [0.15, 0.2) is 56.7 Å². The van der Waals surface area contributed by atoms with E-state index in [2.05, 4.69) is 106 Å². The summed E-state index contributed by atoms with van der Waals surface area (Å²) in [7, 11) is 0. The highest BCUT2D eigenvalue weighted by Crippen LogP contribution is 2.26. The van der Waals surface area contributed by atoms with Crippen LogP contribution in [-0.4, -0.2) is 101 Å². The lowest BCUT2D eigenvalue weighted by molar-refractivity contribution is 0.0996. The molecule has 364 valence electrons. The van der Waals surface area contributed by atoms with Crippen molar-refractivity contribution in [1.82, 2.24) is 82.6 Å². The van der Waals surface area contributed by atoms with Crippen LogP contribution in [0.4, 0.5) is 17.3 Å². The van der Waals surface area contributed by atoms with E-state index in [1.807, 2.05) is 64.4 Å². The number of H-pyrrole nitrogens is 1. The van der Waals surface area contributed by atoms with Crippen LogP contribution < -0.4 is 21.8 Å². The predicted octanol–water partition coefficient (Wildman–Crippen LogP) is 7.46. The Hall–Kier alpha value is -7.98. The predicted molar refractivity (Wildman–Crippen MR) is 267 cm³/mol. The third kappa shape index (κ3) is 11.2. The zero-order chi connectivity index (χ0) is 50.3. The zero-order valence-corrected chi connectivity index (χ0v) is 41.5. The summed E-state index contributed by atoms with van der Waals surface area (Å²) in [5.41, 5.74) is 18.2. The van der Waals surface area contributed by atoms with E-state index in [0.29, 0.717) is 94.4 Å². The smallest absolute Gasteiger partial charge is 0.279 e. The first-order valence-corrected chi connectivity index (χ1v) is 22.7. The number of aryl methyl sites for hydroxylation is 2. The molecule has 0 saturated heterocycles. The Balaban J connectivity index is 0.000000142. The molecule has 0 unspecified atom stereocenters. The maximum absolute atomic E-state index is 11.5. The summed E-state index contributed by atoms with van der Waals surface area (Å²) >= 11 is 0. The van der Waals surface area contributed by atoms with Crippen molar-refractivity contribution in [3.63, 3.8) is 0 Å². The van der Waals surface area contributed by atoms with Crippen LogP contribution in [0.15, 0.2) is 60.0 Å². The van der Waals surface area contributed by atoms with Crippen LogP contribution in [0.1, 0.15) is 135 Å². The number of anilines is 2. The van der Waals surface area contributed by atoms with Crippen LogP contribution in [0.3, 0.4) is 0 Å². The van der Waals surface area contributed by atoms with Crippen LogP contribution in [-0.2, 0) is 0 Å². The monoisotopic (exact) mass is 943 g/mol. The van der Waals surface area contributed by atoms with Crippen molar-refractivity contribution in [1.29, 1.82) is 0 Å². The van der Waals surface area contributed by atoms with E-state index in [1.54, 1.807) is 57.0 Å². The zero-order valence-electron chi connectivity index (χ0n) is 41.5. The molecule has 0 aromatic carbocycles. The number of imidazole rings is 5. The fourth-order valence-electron chi connectivity index (χ4n) is 6.97. The maximum atomic E-state index is 11.5. The molecule has 9 aromatic rings. The minimum Gasteiger partial charge on any atom is -0.476 e. The van der Waals surface area contributed by atoms with Crippen LogP contribution >= 0.6 is 0 Å². The number of carbonyl (C=O) groups excluding carboxylic acids is 1. The lowest BCUT2D eigenvalue weighted by atomic mass is 10.2. The molecule has 9 aromatic heterocycles. The van der Waals surface area contributed by atoms with Gasteiger partial charge in [0.25, 0.3) is 5.56 Å². The van der Waals surface area contributed by atoms with E-state index >= 15 is 0 Å². The van der Waals surface area contributed by atoms with Gasteiger partial charge >= 0.3 is 0 Å². The molecular formula is C46H62N20O3. The highest BCUT2D eigenvalue weighted by molar-refractivity contribution is 6.08. The van der Waals surface area contributed by atoms with Crippen molar-refractivity contribution in [2.45, 2.75) is 127 Å². The first kappa shape index (κ1) is 50.4. The Morgan fingerprint density at radius 3 is 1.72 bits per heavy atom. The summed E-state index contributed by atoms with van der Waals surface area (Å²) in [5, 5.41) is 0. The quantitative estimate of drug-likeness (QED) is 0.140. The van der Waals surface area contributed by atoms with E-state index < -0.39 is 0 Å². The van der Waals surface area contributed by atoms with E-state index in [-0.39, 0.29) is 17.4 Å². The lowest BCUT2D eigenvalue weighted by Gasteiger charge is -2.10. The first-order valence-electron chi connectivity index (χ1n) is 22.7. The number of nitrogens with one attached hydrogen (secondary N) is 1. The number of rotatable bonds is 7. The van der Waals surface area contributed by atoms with Gasteiger partial charge in [-0.15, -0.1) is 0 Å². The molecule has 0 aliphatic carbocycles. The van der Waals surface area contributed by atoms with Crippen molar-refractivity contribution in [2.24, 2.45) is 4.99 Å². The number of nitrogens with two attached hydrogens (primary N) is 2. The number of nitrogens with zero attached hydrogens (tertiary/aromatic N) is 17. The third-order valence-electron chi connectivity index (χ3n) is 10.5. The Kier molecular flexibility index (Phi) is 15.9. The average Bonchev–Trinajstić information content (AvgIpc) is 4.14. The Morgan fingerprint density at radius 2 is 1.13 bits per heavy atom. The first-order chi connectivity index (χ1) is 32.8. The number of ketones is 1. The summed E-state index contributed by atoms with van der Waals surface area (Å²) in [4.78, 5) is 75.6. The standard InChI is InChI=1S/C11H16N4O.C9H12N4O.C9H12N4.C9H11N3O.C8H11N5/c1-5-16-11-9-10(13-8(4)14-11)15(6-12-9)7(2)3;1-5(2)13-4-10-7-8(13)11-6(3)12-9(7)14;1-6(2)13-5-12-8-7(10)3-4-11-9(8)13;1-6(2)12-5-11-8-7(13)3-4-10-9(8)12;1-5(2)13-4-12-6-7(9)10-3-11-8(6)13/h6-7H,5H2,1-4H3;4-5H,1-3H3,(H,11,12,14);3-6H,1-2H3,(H2,10,11);4-6H,3H2,1-2H3;3-5H,1-2H3,(H2,9,10,11). The molecule has 69 heavy (non-hydrogen) atoms. The summed E-state index contributed by atoms with van der Waals surface area (Å²) in [6.45, 7) is 26.8. The number of fused-ring (bicyclic) bond motifs is 5. The molecule has 23 nitrogen and oxygen atoms in total. The second-order valence-electron chi connectivity index (χ2n) is 17.3. The molecule has 10 heterocycles. The number of ether oxygens (including phenoxy) is 1. The Bertz CT molecular complexity index is 3190. The highest BCUT2D eigenvalue weighted by atomic mass is 16.5. The number of aromatic amines is 1. The van der Waals surface area contributed by atoms with Crippen molar-refractivity contribution in [3.05, 3.63) is 77.9 Å². The number of aromatic nitrogens is 17. The molecule has 5 N–H and O–H groups in total. The van der Waals surface area contributed by atoms with Crippen molar-refractivity contribution in [2.75, 3.05) is 18.1 Å². The lowest BCUT2D eigenvalue weighted by Crippen LogP contribution is -2.11. The normalized spacial score (nSPS) is 12.1. The van der Waals surface area contributed by atoms with Gasteiger partial charge in [-0.25, -0.2) is 54.8 Å². The van der Waals surface area contributed by atoms with Gasteiger partial charge in [0.2, 0.25) is 5.88 Å². The fraction of sp³-hybridized carbons (Fsp3) is 0.435. The topological polar surface area (TPSA) is 290 Å². The molecule has 0 radical (unpaired) electrons. The van der Waals surface area contributed by atoms with Crippen LogP contribution in [0.2, 0.25) is 0 Å². The van der Waals surface area contributed by atoms with Crippen LogP contribution in [0.25, 0.3) is 44.7 Å². The average molecular weight is 943 g/mol. The molecule has 0 atom stereocenters. The summed E-state index contributed by atoms with van der Waals surface area (Å²) in [5.74, 6) is 3.09. The van der Waals surface area contributed by atoms with E-state index in [0.717, 1.165) is 28.0 Å². The van der Waals surface area contributed by atoms with Crippen LogP contribution in [0.5, 0.6) is 5.88 Å². The molecule has 23 heteroatoms. The van der Waals surface area contributed by atoms with Gasteiger partial charge in [-0.1, -0.05) is 0 Å². The number of aliphatic imine (C=N–C) groups is 1. The Morgan fingerprint density at radius 1 is 0.609 bits per heavy atom. The second kappa shape index (κ2) is 21.8. The molecule has 1 aliphatic rings. The number of nitrogen functional groups attached to an aromatic ring is 2. The summed E-state index contributed by atoms with van der Waals surface area (Å²) in [6.07, 6.45) is 13.8. The van der Waals surface area contributed by atoms with Gasteiger partial charge in [0, 0.05) is 49.0 Å². The summed E-state index contributed by atoms with van der Waals surface area (Å²) < 4.78 is 15.2. The molecule has 0 bridgehead atoms. The van der Waals surface area contributed by atoms with Gasteiger partial charge in [0.05, 0.1) is 43.9 Å². The van der Waals surface area contributed by atoms with Gasteiger partial charge in [-0.05, 0) is 96.1 Å². The van der Waals surface area contributed by atoms with Gasteiger partial charge in [-0.3, -0.25) is 9.59 Å². The number of hydrogen-bond acceptors (Lipinski definition) is 17. The van der Waals surface area contributed by atoms with Crippen molar-refractivity contribution < 1.29 is 9.53 Å². The molecule has 0 fully saturated rings. The minimum absolute atomic E-state index is 0.0596. The maximum Gasteiger partial charge on any atom is 0.279 e. The second-order valence-corrected chi connectivity index (χ2v) is 17.3. The Labute approximate surface area is 398 Å². The number of Topliss-reactive ketones (excluding diaryl/α,β-unsaturated/α-hetero) is 1. The molecule has 0 spiro atoms. The molecule has 0 saturated carbocycles. The number of pyridine rings is 1. The van der Waals surface area contributed by atoms with E-state index in [9.17, 15) is 9.59 Å². The molecule has 0 amide bonds.